The van der Waals surface area contributed by atoms with Crippen LogP contribution in [0.5, 0.6) is 0 Å². The van der Waals surface area contributed by atoms with Crippen molar-refractivity contribution in [2.45, 2.75) is 0 Å². The van der Waals surface area contributed by atoms with Gasteiger partial charge in [-0.1, -0.05) is 63.7 Å². The lowest BCUT2D eigenvalue weighted by atomic mass is 9.58. The Bertz CT molecular complexity index is 2300. The summed E-state index contributed by atoms with van der Waals surface area (Å²) in [5, 5.41) is 3.37. The first-order valence-corrected chi connectivity index (χ1v) is 13.0. The molecule has 2 heterocycles. The summed E-state index contributed by atoms with van der Waals surface area (Å²) in [6.45, 7) is 0. The maximum absolute atomic E-state index is 6.97. The van der Waals surface area contributed by atoms with Gasteiger partial charge in [0.05, 0.1) is 5.69 Å². The van der Waals surface area contributed by atoms with E-state index in [0.717, 1.165) is 22.0 Å². The van der Waals surface area contributed by atoms with Crippen LogP contribution in [0, 0.1) is 0 Å². The largest absolute Gasteiger partial charge is 0.455 e. The van der Waals surface area contributed by atoms with E-state index in [4.69, 9.17) is 75.0 Å². The van der Waals surface area contributed by atoms with Gasteiger partial charge in [0.25, 0.3) is 0 Å². The minimum Gasteiger partial charge on any atom is -0.455 e. The highest BCUT2D eigenvalue weighted by Gasteiger charge is 2.24. The lowest BCUT2D eigenvalue weighted by Crippen LogP contribution is -2.51. The number of fused-ring (bicyclic) bond motifs is 6. The number of hydrogen-bond acceptors (Lipinski definition) is 2. The first-order chi connectivity index (χ1) is 20.1. The molecule has 0 N–H and O–H groups in total. The fraction of sp³-hybridized carbons (Fsp3) is 0. The monoisotopic (exact) mass is 511 g/mol. The SMILES string of the molecule is [B]c1c([B])c([B])c2c(c1[B])c([B])c(-c1cccc3c1oc1c(-c4ccccn4)cccc13)c1c([B])c([B])c([B])c([B])c12. The van der Waals surface area contributed by atoms with Gasteiger partial charge in [-0.3, -0.25) is 4.98 Å². The zero-order valence-corrected chi connectivity index (χ0v) is 22.3. The summed E-state index contributed by atoms with van der Waals surface area (Å²) in [6.07, 6.45) is 1.74. The Kier molecular flexibility index (Phi) is 6.17. The summed E-state index contributed by atoms with van der Waals surface area (Å²) < 4.78 is 6.64. The number of rotatable bonds is 2. The molecule has 0 amide bonds. The number of pyridine rings is 1. The van der Waals surface area contributed by atoms with Crippen LogP contribution >= 0.6 is 0 Å². The standard InChI is InChI=1S/C31H10B9NO/c32-21-16(14-8-4-6-12-11-5-3-7-13(30(11)42-31(12)14)15-9-1-2-10-41-15)17-18(23(34)27(38)26(37)22(17)33)19-20(21)25(36)29(40)28(39)24(19)35/h1-10H. The molecule has 0 saturated carbocycles. The van der Waals surface area contributed by atoms with Gasteiger partial charge in [-0.2, -0.15) is 0 Å². The summed E-state index contributed by atoms with van der Waals surface area (Å²) in [5.74, 6) is 0. The van der Waals surface area contributed by atoms with Crippen molar-refractivity contribution >= 4 is 163 Å². The molecule has 0 atom stereocenters. The van der Waals surface area contributed by atoms with E-state index in [1.807, 2.05) is 54.6 Å². The number of benzene rings is 5. The Labute approximate surface area is 255 Å². The predicted octanol–water partition coefficient (Wildman–Crippen LogP) is -2.23. The zero-order valence-electron chi connectivity index (χ0n) is 22.3. The molecule has 5 aromatic carbocycles. The lowest BCUT2D eigenvalue weighted by Gasteiger charge is -2.27. The molecule has 0 aliphatic heterocycles. The van der Waals surface area contributed by atoms with Crippen LogP contribution in [-0.4, -0.2) is 75.6 Å². The van der Waals surface area contributed by atoms with E-state index in [2.05, 4.69) is 4.98 Å². The maximum atomic E-state index is 6.97. The van der Waals surface area contributed by atoms with Crippen LogP contribution in [0.25, 0.3) is 65.9 Å². The van der Waals surface area contributed by atoms with E-state index in [9.17, 15) is 0 Å². The Morgan fingerprint density at radius 3 is 1.50 bits per heavy atom. The summed E-state index contributed by atoms with van der Waals surface area (Å²) >= 11 is 0. The number of para-hydroxylation sites is 2. The Balaban J connectivity index is 1.72. The molecular formula is C31H10B9NO. The second-order valence-corrected chi connectivity index (χ2v) is 10.3. The molecule has 0 bridgehead atoms. The number of aromatic nitrogens is 1. The van der Waals surface area contributed by atoms with Crippen LogP contribution in [0.2, 0.25) is 0 Å². The molecule has 0 saturated heterocycles. The van der Waals surface area contributed by atoms with Gasteiger partial charge in [-0.05, 0) is 45.3 Å². The van der Waals surface area contributed by atoms with E-state index in [1.165, 1.54) is 0 Å². The number of furan rings is 1. The van der Waals surface area contributed by atoms with Gasteiger partial charge < -0.3 is 4.42 Å². The quantitative estimate of drug-likeness (QED) is 0.195. The topological polar surface area (TPSA) is 26.0 Å². The minimum absolute atomic E-state index is 0.100. The highest BCUT2D eigenvalue weighted by molar-refractivity contribution is 6.73. The van der Waals surface area contributed by atoms with E-state index < -0.39 is 0 Å². The fourth-order valence-corrected chi connectivity index (χ4v) is 6.00. The second kappa shape index (κ2) is 9.59. The van der Waals surface area contributed by atoms with Crippen LogP contribution in [-0.2, 0) is 0 Å². The summed E-state index contributed by atoms with van der Waals surface area (Å²) in [7, 11) is 58.5. The molecule has 172 valence electrons. The lowest BCUT2D eigenvalue weighted by molar-refractivity contribution is 0.671. The third-order valence-electron chi connectivity index (χ3n) is 8.09. The third-order valence-corrected chi connectivity index (χ3v) is 8.09. The molecule has 42 heavy (non-hydrogen) atoms. The van der Waals surface area contributed by atoms with Crippen molar-refractivity contribution in [2.75, 3.05) is 0 Å². The van der Waals surface area contributed by atoms with Crippen molar-refractivity contribution in [3.8, 4) is 22.4 Å². The van der Waals surface area contributed by atoms with E-state index in [-0.39, 0.29) is 49.2 Å². The molecule has 2 aromatic heterocycles. The smallest absolute Gasteiger partial charge is 0.144 e. The van der Waals surface area contributed by atoms with Gasteiger partial charge in [-0.15, -0.1) is 21.9 Å². The first-order valence-electron chi connectivity index (χ1n) is 13.0. The number of nitrogens with zero attached hydrogens (tertiary/aromatic N) is 1. The Morgan fingerprint density at radius 1 is 0.429 bits per heavy atom. The summed E-state index contributed by atoms with van der Waals surface area (Å²) in [6, 6.07) is 17.4. The molecule has 2 nitrogen and oxygen atoms in total. The summed E-state index contributed by atoms with van der Waals surface area (Å²) in [5.41, 5.74) is 5.28. The van der Waals surface area contributed by atoms with Gasteiger partial charge in [0.2, 0.25) is 0 Å². The van der Waals surface area contributed by atoms with Crippen molar-refractivity contribution in [1.82, 2.24) is 4.98 Å². The van der Waals surface area contributed by atoms with Gasteiger partial charge in [0.1, 0.15) is 81.8 Å². The van der Waals surface area contributed by atoms with E-state index in [1.54, 1.807) is 6.20 Å². The molecule has 0 spiro atoms. The number of hydrogen-bond donors (Lipinski definition) is 0. The Morgan fingerprint density at radius 2 is 0.929 bits per heavy atom. The van der Waals surface area contributed by atoms with Crippen LogP contribution in [0.1, 0.15) is 0 Å². The van der Waals surface area contributed by atoms with Gasteiger partial charge >= 0.3 is 0 Å². The average molecular weight is 510 g/mol. The van der Waals surface area contributed by atoms with E-state index in [0.29, 0.717) is 43.8 Å². The first kappa shape index (κ1) is 27.0. The summed E-state index contributed by atoms with van der Waals surface area (Å²) in [4.78, 5) is 4.53. The molecular weight excluding hydrogens is 500 g/mol. The van der Waals surface area contributed by atoms with Gasteiger partial charge in [0, 0.05) is 28.1 Å². The van der Waals surface area contributed by atoms with Crippen molar-refractivity contribution in [1.29, 1.82) is 0 Å². The Hall–Kier alpha value is -3.85. The van der Waals surface area contributed by atoms with Gasteiger partial charge in [-0.25, -0.2) is 0 Å². The molecule has 18 radical (unpaired) electrons. The van der Waals surface area contributed by atoms with Crippen molar-refractivity contribution < 1.29 is 4.42 Å². The van der Waals surface area contributed by atoms with Crippen LogP contribution < -0.4 is 49.2 Å². The fourth-order valence-electron chi connectivity index (χ4n) is 6.00. The van der Waals surface area contributed by atoms with E-state index >= 15 is 0 Å². The van der Waals surface area contributed by atoms with Gasteiger partial charge in [0.15, 0.2) is 0 Å². The second-order valence-electron chi connectivity index (χ2n) is 10.3. The third kappa shape index (κ3) is 3.55. The average Bonchev–Trinajstić information content (AvgIpc) is 3.40. The maximum Gasteiger partial charge on any atom is 0.144 e. The molecule has 7 aromatic rings. The molecule has 0 aliphatic rings. The van der Waals surface area contributed by atoms with Crippen molar-refractivity contribution in [3.63, 3.8) is 0 Å². The predicted molar refractivity (Wildman–Crippen MR) is 186 cm³/mol. The molecule has 0 aliphatic carbocycles. The molecule has 0 fully saturated rings. The molecule has 11 heteroatoms. The highest BCUT2D eigenvalue weighted by Crippen LogP contribution is 2.40. The van der Waals surface area contributed by atoms with Crippen LogP contribution in [0.15, 0.2) is 65.2 Å². The van der Waals surface area contributed by atoms with Crippen LogP contribution in [0.3, 0.4) is 0 Å². The zero-order chi connectivity index (χ0) is 29.6. The minimum atomic E-state index is 0.100. The van der Waals surface area contributed by atoms with Crippen molar-refractivity contribution in [2.24, 2.45) is 0 Å². The normalized spacial score (nSPS) is 11.7. The highest BCUT2D eigenvalue weighted by atomic mass is 16.3. The molecule has 0 unspecified atom stereocenters. The molecule has 7 rings (SSSR count). The van der Waals surface area contributed by atoms with Crippen molar-refractivity contribution in [3.05, 3.63) is 60.8 Å². The van der Waals surface area contributed by atoms with Crippen LogP contribution in [0.4, 0.5) is 0 Å².